The van der Waals surface area contributed by atoms with E-state index in [1.807, 2.05) is 12.1 Å². The molecule has 0 spiro atoms. The van der Waals surface area contributed by atoms with E-state index in [2.05, 4.69) is 5.32 Å². The van der Waals surface area contributed by atoms with E-state index in [-0.39, 0.29) is 24.4 Å². The van der Waals surface area contributed by atoms with Crippen LogP contribution in [0.15, 0.2) is 18.2 Å². The van der Waals surface area contributed by atoms with E-state index in [1.54, 1.807) is 11.0 Å². The molecular formula is C15H19N3O2. The molecule has 3 rings (SSSR count). The topological polar surface area (TPSA) is 75.4 Å². The highest BCUT2D eigenvalue weighted by Gasteiger charge is 2.29. The van der Waals surface area contributed by atoms with Crippen LogP contribution in [0.3, 0.4) is 0 Å². The number of amides is 2. The van der Waals surface area contributed by atoms with Crippen LogP contribution in [0.1, 0.15) is 31.2 Å². The van der Waals surface area contributed by atoms with Gasteiger partial charge in [-0.3, -0.25) is 9.59 Å². The van der Waals surface area contributed by atoms with Gasteiger partial charge in [-0.1, -0.05) is 12.8 Å². The van der Waals surface area contributed by atoms with Crippen molar-refractivity contribution in [3.63, 3.8) is 0 Å². The fraction of sp³-hybridized carbons (Fsp3) is 0.467. The maximum absolute atomic E-state index is 12.0. The molecule has 1 aliphatic heterocycles. The summed E-state index contributed by atoms with van der Waals surface area (Å²) in [6.45, 7) is 0.103. The van der Waals surface area contributed by atoms with Gasteiger partial charge in [0.25, 0.3) is 0 Å². The predicted octanol–water partition coefficient (Wildman–Crippen LogP) is 1.22. The highest BCUT2D eigenvalue weighted by molar-refractivity contribution is 6.05. The van der Waals surface area contributed by atoms with Gasteiger partial charge in [-0.15, -0.1) is 0 Å². The van der Waals surface area contributed by atoms with Crippen molar-refractivity contribution < 1.29 is 9.59 Å². The number of benzene rings is 1. The van der Waals surface area contributed by atoms with Crippen molar-refractivity contribution in [3.05, 3.63) is 23.8 Å². The third-order valence-corrected chi connectivity index (χ3v) is 4.06. The Balaban J connectivity index is 1.68. The molecule has 0 unspecified atom stereocenters. The Morgan fingerprint density at radius 1 is 1.35 bits per heavy atom. The van der Waals surface area contributed by atoms with E-state index < -0.39 is 0 Å². The van der Waals surface area contributed by atoms with Gasteiger partial charge in [0.15, 0.2) is 0 Å². The Bertz CT molecular complexity index is 550. The summed E-state index contributed by atoms with van der Waals surface area (Å²) in [7, 11) is 0. The van der Waals surface area contributed by atoms with Crippen LogP contribution < -0.4 is 16.0 Å². The molecule has 1 fully saturated rings. The Labute approximate surface area is 118 Å². The van der Waals surface area contributed by atoms with E-state index in [9.17, 15) is 9.59 Å². The molecule has 0 saturated heterocycles. The van der Waals surface area contributed by atoms with E-state index in [4.69, 9.17) is 5.73 Å². The lowest BCUT2D eigenvalue weighted by atomic mass is 10.1. The van der Waals surface area contributed by atoms with Crippen LogP contribution in [0.25, 0.3) is 0 Å². The van der Waals surface area contributed by atoms with Crippen LogP contribution in [0, 0.1) is 0 Å². The summed E-state index contributed by atoms with van der Waals surface area (Å²) < 4.78 is 0. The third-order valence-electron chi connectivity index (χ3n) is 4.06. The smallest absolute Gasteiger partial charge is 0.240 e. The van der Waals surface area contributed by atoms with Crippen molar-refractivity contribution in [1.82, 2.24) is 5.32 Å². The molecule has 0 aromatic heterocycles. The lowest BCUT2D eigenvalue weighted by Gasteiger charge is -2.19. The molecular weight excluding hydrogens is 254 g/mol. The van der Waals surface area contributed by atoms with E-state index >= 15 is 0 Å². The van der Waals surface area contributed by atoms with Gasteiger partial charge in [0.05, 0.1) is 6.42 Å². The van der Waals surface area contributed by atoms with Gasteiger partial charge in [-0.25, -0.2) is 0 Å². The molecule has 20 heavy (non-hydrogen) atoms. The Hall–Kier alpha value is -2.04. The number of anilines is 2. The second-order valence-corrected chi connectivity index (χ2v) is 5.59. The molecule has 106 valence electrons. The largest absolute Gasteiger partial charge is 0.399 e. The summed E-state index contributed by atoms with van der Waals surface area (Å²) in [6, 6.07) is 5.67. The molecule has 3 N–H and O–H groups in total. The number of nitrogens with two attached hydrogens (primary N) is 1. The van der Waals surface area contributed by atoms with Crippen molar-refractivity contribution in [3.8, 4) is 0 Å². The summed E-state index contributed by atoms with van der Waals surface area (Å²) in [5, 5.41) is 3.01. The van der Waals surface area contributed by atoms with Gasteiger partial charge < -0.3 is 16.0 Å². The fourth-order valence-corrected chi connectivity index (χ4v) is 3.06. The zero-order chi connectivity index (χ0) is 14.1. The minimum atomic E-state index is -0.0741. The number of hydrogen-bond acceptors (Lipinski definition) is 3. The minimum Gasteiger partial charge on any atom is -0.399 e. The standard InChI is InChI=1S/C15H19N3O2/c16-11-5-6-13-10(7-11)8-15(20)18(13)9-14(19)17-12-3-1-2-4-12/h5-7,12H,1-4,8-9,16H2,(H,17,19). The predicted molar refractivity (Wildman–Crippen MR) is 77.3 cm³/mol. The Morgan fingerprint density at radius 3 is 2.85 bits per heavy atom. The highest BCUT2D eigenvalue weighted by atomic mass is 16.2. The van der Waals surface area contributed by atoms with E-state index in [1.165, 1.54) is 12.8 Å². The van der Waals surface area contributed by atoms with Gasteiger partial charge in [0.2, 0.25) is 11.8 Å². The molecule has 1 aliphatic carbocycles. The molecule has 0 bridgehead atoms. The summed E-state index contributed by atoms with van der Waals surface area (Å²) >= 11 is 0. The molecule has 1 aromatic carbocycles. The number of nitrogens with zero attached hydrogens (tertiary/aromatic N) is 1. The van der Waals surface area contributed by atoms with Crippen molar-refractivity contribution in [2.24, 2.45) is 0 Å². The fourth-order valence-electron chi connectivity index (χ4n) is 3.06. The first-order valence-electron chi connectivity index (χ1n) is 7.11. The molecule has 1 saturated carbocycles. The summed E-state index contributed by atoms with van der Waals surface area (Å²) in [5.41, 5.74) is 8.09. The van der Waals surface area contributed by atoms with Crippen molar-refractivity contribution >= 4 is 23.2 Å². The van der Waals surface area contributed by atoms with Gasteiger partial charge in [0, 0.05) is 17.4 Å². The van der Waals surface area contributed by atoms with Crippen molar-refractivity contribution in [1.29, 1.82) is 0 Å². The maximum Gasteiger partial charge on any atom is 0.240 e. The highest BCUT2D eigenvalue weighted by Crippen LogP contribution is 2.30. The summed E-state index contributed by atoms with van der Waals surface area (Å²) in [6.07, 6.45) is 4.78. The molecule has 1 heterocycles. The van der Waals surface area contributed by atoms with Gasteiger partial charge in [-0.05, 0) is 36.6 Å². The molecule has 1 aromatic rings. The van der Waals surface area contributed by atoms with Gasteiger partial charge in [-0.2, -0.15) is 0 Å². The molecule has 2 amide bonds. The van der Waals surface area contributed by atoms with Crippen LogP contribution in [0.2, 0.25) is 0 Å². The lowest BCUT2D eigenvalue weighted by molar-refractivity contribution is -0.123. The van der Waals surface area contributed by atoms with E-state index in [0.717, 1.165) is 24.1 Å². The van der Waals surface area contributed by atoms with Crippen molar-refractivity contribution in [2.75, 3.05) is 17.2 Å². The average Bonchev–Trinajstić information content (AvgIpc) is 2.98. The minimum absolute atomic E-state index is 0.0350. The van der Waals surface area contributed by atoms with Gasteiger partial charge in [0.1, 0.15) is 6.54 Å². The number of carbonyl (C=O) groups excluding carboxylic acids is 2. The first-order chi connectivity index (χ1) is 9.63. The quantitative estimate of drug-likeness (QED) is 0.813. The SMILES string of the molecule is Nc1ccc2c(c1)CC(=O)N2CC(=O)NC1CCCC1. The van der Waals surface area contributed by atoms with Crippen molar-refractivity contribution in [2.45, 2.75) is 38.1 Å². The zero-order valence-corrected chi connectivity index (χ0v) is 11.4. The number of fused-ring (bicyclic) bond motifs is 1. The number of rotatable bonds is 3. The monoisotopic (exact) mass is 273 g/mol. The van der Waals surface area contributed by atoms with E-state index in [0.29, 0.717) is 12.1 Å². The van der Waals surface area contributed by atoms with Crippen LogP contribution in [0.5, 0.6) is 0 Å². The van der Waals surface area contributed by atoms with Gasteiger partial charge >= 0.3 is 0 Å². The zero-order valence-electron chi connectivity index (χ0n) is 11.4. The molecule has 0 atom stereocenters. The number of hydrogen-bond donors (Lipinski definition) is 2. The Kier molecular flexibility index (Phi) is 3.34. The normalized spacial score (nSPS) is 18.4. The van der Waals surface area contributed by atoms with Crippen LogP contribution in [0.4, 0.5) is 11.4 Å². The number of carbonyl (C=O) groups is 2. The number of nitrogens with one attached hydrogen (secondary N) is 1. The summed E-state index contributed by atoms with van der Waals surface area (Å²) in [5.74, 6) is -0.109. The first kappa shape index (κ1) is 13.0. The van der Waals surface area contributed by atoms with Crippen LogP contribution in [-0.2, 0) is 16.0 Å². The first-order valence-corrected chi connectivity index (χ1v) is 7.11. The molecule has 5 heteroatoms. The Morgan fingerprint density at radius 2 is 2.10 bits per heavy atom. The molecule has 5 nitrogen and oxygen atoms in total. The molecule has 0 radical (unpaired) electrons. The second-order valence-electron chi connectivity index (χ2n) is 5.59. The average molecular weight is 273 g/mol. The maximum atomic E-state index is 12.0. The van der Waals surface area contributed by atoms with Crippen LogP contribution in [-0.4, -0.2) is 24.4 Å². The summed E-state index contributed by atoms with van der Waals surface area (Å²) in [4.78, 5) is 25.6. The number of nitrogen functional groups attached to an aromatic ring is 1. The van der Waals surface area contributed by atoms with Crippen LogP contribution >= 0.6 is 0 Å². The molecule has 2 aliphatic rings. The third kappa shape index (κ3) is 2.48. The lowest BCUT2D eigenvalue weighted by Crippen LogP contribution is -2.42. The second kappa shape index (κ2) is 5.15.